The van der Waals surface area contributed by atoms with E-state index in [0.29, 0.717) is 5.75 Å². The summed E-state index contributed by atoms with van der Waals surface area (Å²) in [6.45, 7) is 1.58. The first-order valence-electron chi connectivity index (χ1n) is 6.44. The molecule has 0 heterocycles. The number of nitrogens with zero attached hydrogens (tertiary/aromatic N) is 1. The van der Waals surface area contributed by atoms with Crippen molar-refractivity contribution in [2.45, 2.75) is 13.0 Å². The van der Waals surface area contributed by atoms with Crippen molar-refractivity contribution in [2.75, 3.05) is 5.32 Å². The number of amides is 1. The minimum Gasteiger partial charge on any atom is -0.481 e. The van der Waals surface area contributed by atoms with Crippen LogP contribution in [0.15, 0.2) is 48.5 Å². The third-order valence-electron chi connectivity index (χ3n) is 2.84. The van der Waals surface area contributed by atoms with Gasteiger partial charge in [-0.1, -0.05) is 29.8 Å². The Balaban J connectivity index is 2.08. The molecule has 22 heavy (non-hydrogen) atoms. The maximum absolute atomic E-state index is 12.1. The third-order valence-corrected chi connectivity index (χ3v) is 3.17. The molecule has 2 aromatic rings. The molecule has 1 N–H and O–H groups in total. The van der Waals surface area contributed by atoms with Crippen molar-refractivity contribution in [3.05, 3.63) is 63.7 Å². The predicted molar refractivity (Wildman–Crippen MR) is 83.3 cm³/mol. The Morgan fingerprint density at radius 3 is 2.59 bits per heavy atom. The number of nitro benzene ring substituents is 1. The van der Waals surface area contributed by atoms with Crippen LogP contribution in [0.4, 0.5) is 11.4 Å². The highest BCUT2D eigenvalue weighted by molar-refractivity contribution is 6.33. The zero-order chi connectivity index (χ0) is 16.1. The van der Waals surface area contributed by atoms with Crippen LogP contribution in [0.1, 0.15) is 6.92 Å². The molecule has 0 saturated heterocycles. The number of nitro groups is 1. The van der Waals surface area contributed by atoms with Crippen molar-refractivity contribution < 1.29 is 14.5 Å². The number of hydrogen-bond acceptors (Lipinski definition) is 4. The Labute approximate surface area is 131 Å². The minimum atomic E-state index is -0.780. The number of rotatable bonds is 5. The Hall–Kier alpha value is -2.60. The topological polar surface area (TPSA) is 81.5 Å². The fourth-order valence-corrected chi connectivity index (χ4v) is 1.88. The molecular weight excluding hydrogens is 308 g/mol. The summed E-state index contributed by atoms with van der Waals surface area (Å²) in [5, 5.41) is 13.5. The first-order valence-corrected chi connectivity index (χ1v) is 6.81. The second-order valence-electron chi connectivity index (χ2n) is 4.48. The molecule has 0 aromatic heterocycles. The molecule has 1 amide bonds. The lowest BCUT2D eigenvalue weighted by atomic mass is 10.2. The number of ether oxygens (including phenoxy) is 1. The van der Waals surface area contributed by atoms with Gasteiger partial charge in [0.05, 0.1) is 15.6 Å². The van der Waals surface area contributed by atoms with Crippen molar-refractivity contribution in [3.8, 4) is 5.75 Å². The van der Waals surface area contributed by atoms with E-state index >= 15 is 0 Å². The molecule has 0 spiro atoms. The van der Waals surface area contributed by atoms with Gasteiger partial charge in [-0.2, -0.15) is 0 Å². The van der Waals surface area contributed by atoms with Gasteiger partial charge in [-0.15, -0.1) is 0 Å². The summed E-state index contributed by atoms with van der Waals surface area (Å²) < 4.78 is 5.48. The van der Waals surface area contributed by atoms with Crippen LogP contribution < -0.4 is 10.1 Å². The number of hydrogen-bond donors (Lipinski definition) is 1. The van der Waals surface area contributed by atoms with Crippen molar-refractivity contribution in [1.82, 2.24) is 0 Å². The van der Waals surface area contributed by atoms with Crippen molar-refractivity contribution in [3.63, 3.8) is 0 Å². The average molecular weight is 321 g/mol. The van der Waals surface area contributed by atoms with Crippen LogP contribution in [0.5, 0.6) is 5.75 Å². The van der Waals surface area contributed by atoms with Crippen LogP contribution in [0.25, 0.3) is 0 Å². The van der Waals surface area contributed by atoms with E-state index in [0.717, 1.165) is 0 Å². The third kappa shape index (κ3) is 3.95. The summed E-state index contributed by atoms with van der Waals surface area (Å²) in [6.07, 6.45) is -0.780. The maximum Gasteiger partial charge on any atom is 0.271 e. The number of nitrogens with one attached hydrogen (secondary N) is 1. The van der Waals surface area contributed by atoms with Gasteiger partial charge in [-0.25, -0.2) is 0 Å². The van der Waals surface area contributed by atoms with Gasteiger partial charge >= 0.3 is 0 Å². The van der Waals surface area contributed by atoms with E-state index in [-0.39, 0.29) is 16.4 Å². The number of anilines is 1. The Morgan fingerprint density at radius 2 is 1.95 bits per heavy atom. The highest BCUT2D eigenvalue weighted by atomic mass is 35.5. The van der Waals surface area contributed by atoms with E-state index in [1.165, 1.54) is 18.2 Å². The van der Waals surface area contributed by atoms with E-state index in [9.17, 15) is 14.9 Å². The van der Waals surface area contributed by atoms with Crippen LogP contribution >= 0.6 is 11.6 Å². The fraction of sp³-hybridized carbons (Fsp3) is 0.133. The van der Waals surface area contributed by atoms with Gasteiger partial charge in [0.1, 0.15) is 5.75 Å². The molecule has 7 heteroatoms. The molecule has 0 saturated carbocycles. The molecular formula is C15H13ClN2O4. The van der Waals surface area contributed by atoms with E-state index in [1.54, 1.807) is 31.2 Å². The van der Waals surface area contributed by atoms with Gasteiger partial charge in [0, 0.05) is 12.1 Å². The Kier molecular flexibility index (Phi) is 4.95. The van der Waals surface area contributed by atoms with Gasteiger partial charge in [0.15, 0.2) is 6.10 Å². The Morgan fingerprint density at radius 1 is 1.27 bits per heavy atom. The quantitative estimate of drug-likeness (QED) is 0.673. The smallest absolute Gasteiger partial charge is 0.271 e. The molecule has 0 unspecified atom stereocenters. The first-order chi connectivity index (χ1) is 10.5. The summed E-state index contributed by atoms with van der Waals surface area (Å²) in [5.74, 6) is 0.0986. The van der Waals surface area contributed by atoms with Crippen LogP contribution in [0.3, 0.4) is 0 Å². The van der Waals surface area contributed by atoms with E-state index < -0.39 is 16.9 Å². The first kappa shape index (κ1) is 15.8. The zero-order valence-electron chi connectivity index (χ0n) is 11.7. The lowest BCUT2D eigenvalue weighted by molar-refractivity contribution is -0.384. The van der Waals surface area contributed by atoms with Crippen LogP contribution in [0.2, 0.25) is 5.02 Å². The van der Waals surface area contributed by atoms with Gasteiger partial charge in [-0.3, -0.25) is 14.9 Å². The number of carbonyl (C=O) groups is 1. The molecule has 0 fully saturated rings. The average Bonchev–Trinajstić information content (AvgIpc) is 2.50. The van der Waals surface area contributed by atoms with E-state index in [1.807, 2.05) is 6.07 Å². The monoisotopic (exact) mass is 320 g/mol. The fourth-order valence-electron chi connectivity index (χ4n) is 1.71. The molecule has 0 radical (unpaired) electrons. The molecule has 0 aliphatic heterocycles. The Bertz CT molecular complexity index is 691. The SMILES string of the molecule is C[C@@H](Oc1ccccc1)C(=O)Nc1cc([N+](=O)[O-])ccc1Cl. The summed E-state index contributed by atoms with van der Waals surface area (Å²) in [4.78, 5) is 22.3. The van der Waals surface area contributed by atoms with Gasteiger partial charge in [0.25, 0.3) is 11.6 Å². The van der Waals surface area contributed by atoms with Gasteiger partial charge in [0.2, 0.25) is 0 Å². The summed E-state index contributed by atoms with van der Waals surface area (Å²) >= 11 is 5.93. The largest absolute Gasteiger partial charge is 0.481 e. The molecule has 2 aromatic carbocycles. The molecule has 114 valence electrons. The molecule has 0 aliphatic rings. The number of benzene rings is 2. The molecule has 2 rings (SSSR count). The summed E-state index contributed by atoms with van der Waals surface area (Å²) in [5.41, 5.74) is 0.0145. The molecule has 0 aliphatic carbocycles. The number of para-hydroxylation sites is 1. The second-order valence-corrected chi connectivity index (χ2v) is 4.89. The normalized spacial score (nSPS) is 11.5. The minimum absolute atomic E-state index is 0.156. The van der Waals surface area contributed by atoms with Crippen LogP contribution in [0, 0.1) is 10.1 Å². The predicted octanol–water partition coefficient (Wildman–Crippen LogP) is 3.65. The van der Waals surface area contributed by atoms with E-state index in [4.69, 9.17) is 16.3 Å². The lowest BCUT2D eigenvalue weighted by Gasteiger charge is -2.15. The highest BCUT2D eigenvalue weighted by Crippen LogP contribution is 2.27. The van der Waals surface area contributed by atoms with Crippen molar-refractivity contribution in [2.24, 2.45) is 0 Å². The van der Waals surface area contributed by atoms with Crippen LogP contribution in [-0.4, -0.2) is 16.9 Å². The number of halogens is 1. The summed E-state index contributed by atoms with van der Waals surface area (Å²) in [6, 6.07) is 12.7. The molecule has 0 bridgehead atoms. The standard InChI is InChI=1S/C15H13ClN2O4/c1-10(22-12-5-3-2-4-6-12)15(19)17-14-9-11(18(20)21)7-8-13(14)16/h2-10H,1H3,(H,17,19)/t10-/m1/s1. The van der Waals surface area contributed by atoms with Gasteiger partial charge < -0.3 is 10.1 Å². The lowest BCUT2D eigenvalue weighted by Crippen LogP contribution is -2.30. The number of non-ortho nitro benzene ring substituents is 1. The van der Waals surface area contributed by atoms with Gasteiger partial charge in [-0.05, 0) is 25.1 Å². The summed E-state index contributed by atoms with van der Waals surface area (Å²) in [7, 11) is 0. The van der Waals surface area contributed by atoms with Crippen molar-refractivity contribution in [1.29, 1.82) is 0 Å². The number of carbonyl (C=O) groups excluding carboxylic acids is 1. The zero-order valence-corrected chi connectivity index (χ0v) is 12.4. The van der Waals surface area contributed by atoms with E-state index in [2.05, 4.69) is 5.32 Å². The maximum atomic E-state index is 12.1. The highest BCUT2D eigenvalue weighted by Gasteiger charge is 2.18. The van der Waals surface area contributed by atoms with Crippen molar-refractivity contribution >= 4 is 28.9 Å². The molecule has 6 nitrogen and oxygen atoms in total. The second kappa shape index (κ2) is 6.91. The van der Waals surface area contributed by atoms with Crippen LogP contribution in [-0.2, 0) is 4.79 Å². The molecule has 1 atom stereocenters.